The lowest BCUT2D eigenvalue weighted by molar-refractivity contribution is -0.123. The number of hydrogen-bond acceptors (Lipinski definition) is 2. The first-order chi connectivity index (χ1) is 7.51. The third kappa shape index (κ3) is 1.90. The molecule has 1 aliphatic rings. The number of nitrogens with two attached hydrogens (primary N) is 1. The maximum atomic E-state index is 13.2. The van der Waals surface area contributed by atoms with Gasteiger partial charge in [0.15, 0.2) is 0 Å². The molecule has 1 aliphatic carbocycles. The van der Waals surface area contributed by atoms with Gasteiger partial charge < -0.3 is 11.1 Å². The number of carbonyl (C=O) groups excluding carboxylic acids is 1. The van der Waals surface area contributed by atoms with Crippen molar-refractivity contribution in [2.75, 3.05) is 5.32 Å². The summed E-state index contributed by atoms with van der Waals surface area (Å²) in [6.45, 7) is 0. The van der Waals surface area contributed by atoms with E-state index in [0.29, 0.717) is 12.8 Å². The summed E-state index contributed by atoms with van der Waals surface area (Å²) in [4.78, 5) is 11.7. The fraction of sp³-hybridized carbons (Fsp3) is 0.364. The third-order valence-electron chi connectivity index (χ3n) is 2.87. The van der Waals surface area contributed by atoms with Crippen LogP contribution in [0.1, 0.15) is 19.3 Å². The predicted octanol–water partition coefficient (Wildman–Crippen LogP) is 1.78. The molecule has 0 radical (unpaired) electrons. The molecule has 1 fully saturated rings. The lowest BCUT2D eigenvalue weighted by atomic mass is 9.77. The van der Waals surface area contributed by atoms with E-state index in [4.69, 9.17) is 5.73 Å². The van der Waals surface area contributed by atoms with Crippen molar-refractivity contribution in [1.82, 2.24) is 0 Å². The molecule has 0 saturated heterocycles. The monoisotopic (exact) mass is 226 g/mol. The van der Waals surface area contributed by atoms with Crippen LogP contribution in [0.4, 0.5) is 14.5 Å². The molecule has 2 rings (SSSR count). The molecule has 0 bridgehead atoms. The summed E-state index contributed by atoms with van der Waals surface area (Å²) in [5.74, 6) is -1.72. The molecular formula is C11H12F2N2O. The second-order valence-electron chi connectivity index (χ2n) is 4.09. The topological polar surface area (TPSA) is 55.1 Å². The Morgan fingerprint density at radius 2 is 2.06 bits per heavy atom. The van der Waals surface area contributed by atoms with E-state index in [1.807, 2.05) is 0 Å². The van der Waals surface area contributed by atoms with E-state index in [9.17, 15) is 13.6 Å². The van der Waals surface area contributed by atoms with Crippen molar-refractivity contribution in [3.63, 3.8) is 0 Å². The molecule has 16 heavy (non-hydrogen) atoms. The Bertz CT molecular complexity index is 430. The van der Waals surface area contributed by atoms with Gasteiger partial charge in [-0.25, -0.2) is 8.78 Å². The fourth-order valence-electron chi connectivity index (χ4n) is 1.62. The van der Waals surface area contributed by atoms with Crippen LogP contribution < -0.4 is 11.1 Å². The van der Waals surface area contributed by atoms with Gasteiger partial charge in [-0.1, -0.05) is 0 Å². The van der Waals surface area contributed by atoms with Crippen molar-refractivity contribution < 1.29 is 13.6 Å². The highest BCUT2D eigenvalue weighted by atomic mass is 19.1. The lowest BCUT2D eigenvalue weighted by Gasteiger charge is -2.36. The zero-order valence-electron chi connectivity index (χ0n) is 8.59. The molecule has 1 aromatic carbocycles. The molecule has 1 saturated carbocycles. The Kier molecular flexibility index (Phi) is 2.63. The van der Waals surface area contributed by atoms with Gasteiger partial charge in [-0.05, 0) is 31.4 Å². The largest absolute Gasteiger partial charge is 0.322 e. The summed E-state index contributed by atoms with van der Waals surface area (Å²) in [6, 6.07) is 2.90. The quantitative estimate of drug-likeness (QED) is 0.807. The molecule has 0 aromatic heterocycles. The highest BCUT2D eigenvalue weighted by Gasteiger charge is 2.40. The van der Waals surface area contributed by atoms with Crippen LogP contribution in [0.5, 0.6) is 0 Å². The van der Waals surface area contributed by atoms with Gasteiger partial charge >= 0.3 is 0 Å². The number of anilines is 1. The molecule has 0 unspecified atom stereocenters. The summed E-state index contributed by atoms with van der Waals surface area (Å²) in [5.41, 5.74) is 4.67. The second-order valence-corrected chi connectivity index (χ2v) is 4.09. The van der Waals surface area contributed by atoms with Crippen molar-refractivity contribution in [3.8, 4) is 0 Å². The van der Waals surface area contributed by atoms with Crippen LogP contribution in [-0.2, 0) is 4.79 Å². The van der Waals surface area contributed by atoms with E-state index in [1.54, 1.807) is 0 Å². The SMILES string of the molecule is NC1(C(=O)Nc2cc(F)ccc2F)CCC1. The number of halogens is 2. The van der Waals surface area contributed by atoms with E-state index in [0.717, 1.165) is 24.6 Å². The van der Waals surface area contributed by atoms with Crippen LogP contribution in [0.25, 0.3) is 0 Å². The van der Waals surface area contributed by atoms with Gasteiger partial charge in [0.1, 0.15) is 11.6 Å². The molecule has 0 aliphatic heterocycles. The van der Waals surface area contributed by atoms with Crippen LogP contribution in [0.3, 0.4) is 0 Å². The van der Waals surface area contributed by atoms with Crippen LogP contribution >= 0.6 is 0 Å². The summed E-state index contributed by atoms with van der Waals surface area (Å²) < 4.78 is 26.1. The second kappa shape index (κ2) is 3.83. The third-order valence-corrected chi connectivity index (χ3v) is 2.87. The van der Waals surface area contributed by atoms with Crippen LogP contribution in [0, 0.1) is 11.6 Å². The highest BCUT2D eigenvalue weighted by molar-refractivity contribution is 5.98. The number of rotatable bonds is 2. The summed E-state index contributed by atoms with van der Waals surface area (Å²) in [7, 11) is 0. The van der Waals surface area contributed by atoms with Crippen molar-refractivity contribution in [2.45, 2.75) is 24.8 Å². The molecule has 0 spiro atoms. The van der Waals surface area contributed by atoms with E-state index < -0.39 is 23.1 Å². The molecular weight excluding hydrogens is 214 g/mol. The summed E-state index contributed by atoms with van der Waals surface area (Å²) in [6.07, 6.45) is 2.04. The minimum atomic E-state index is -0.918. The van der Waals surface area contributed by atoms with E-state index >= 15 is 0 Å². The number of amides is 1. The van der Waals surface area contributed by atoms with Gasteiger partial charge in [-0.2, -0.15) is 0 Å². The zero-order valence-corrected chi connectivity index (χ0v) is 8.59. The Labute approximate surface area is 91.6 Å². The number of hydrogen-bond donors (Lipinski definition) is 2. The van der Waals surface area contributed by atoms with Crippen molar-refractivity contribution in [1.29, 1.82) is 0 Å². The summed E-state index contributed by atoms with van der Waals surface area (Å²) in [5, 5.41) is 2.31. The Hall–Kier alpha value is -1.49. The van der Waals surface area contributed by atoms with Crippen LogP contribution in [0.2, 0.25) is 0 Å². The normalized spacial score (nSPS) is 17.7. The molecule has 3 N–H and O–H groups in total. The number of nitrogens with one attached hydrogen (secondary N) is 1. The Balaban J connectivity index is 2.14. The zero-order chi connectivity index (χ0) is 11.8. The van der Waals surface area contributed by atoms with Gasteiger partial charge in [0.2, 0.25) is 5.91 Å². The van der Waals surface area contributed by atoms with E-state index in [2.05, 4.69) is 5.32 Å². The van der Waals surface area contributed by atoms with Crippen LogP contribution in [-0.4, -0.2) is 11.4 Å². The maximum Gasteiger partial charge on any atom is 0.244 e. The van der Waals surface area contributed by atoms with Gasteiger partial charge in [0.25, 0.3) is 0 Å². The summed E-state index contributed by atoms with van der Waals surface area (Å²) >= 11 is 0. The first-order valence-corrected chi connectivity index (χ1v) is 5.07. The highest BCUT2D eigenvalue weighted by Crippen LogP contribution is 2.30. The van der Waals surface area contributed by atoms with Gasteiger partial charge in [-0.15, -0.1) is 0 Å². The van der Waals surface area contributed by atoms with Gasteiger partial charge in [-0.3, -0.25) is 4.79 Å². The van der Waals surface area contributed by atoms with Crippen molar-refractivity contribution >= 4 is 11.6 Å². The molecule has 1 aromatic rings. The van der Waals surface area contributed by atoms with Crippen LogP contribution in [0.15, 0.2) is 18.2 Å². The van der Waals surface area contributed by atoms with E-state index in [-0.39, 0.29) is 5.69 Å². The Morgan fingerprint density at radius 3 is 2.62 bits per heavy atom. The molecule has 3 nitrogen and oxygen atoms in total. The molecule has 0 heterocycles. The molecule has 5 heteroatoms. The minimum Gasteiger partial charge on any atom is -0.322 e. The maximum absolute atomic E-state index is 13.2. The predicted molar refractivity (Wildman–Crippen MR) is 55.8 cm³/mol. The molecule has 0 atom stereocenters. The molecule has 1 amide bonds. The smallest absolute Gasteiger partial charge is 0.244 e. The Morgan fingerprint density at radius 1 is 1.38 bits per heavy atom. The first-order valence-electron chi connectivity index (χ1n) is 5.07. The van der Waals surface area contributed by atoms with E-state index in [1.165, 1.54) is 0 Å². The first kappa shape index (κ1) is 11.0. The lowest BCUT2D eigenvalue weighted by Crippen LogP contribution is -2.56. The number of benzene rings is 1. The fourth-order valence-corrected chi connectivity index (χ4v) is 1.62. The molecule has 86 valence electrons. The standard InChI is InChI=1S/C11H12F2N2O/c12-7-2-3-8(13)9(6-7)15-10(16)11(14)4-1-5-11/h2-3,6H,1,4-5,14H2,(H,15,16). The number of carbonyl (C=O) groups is 1. The van der Waals surface area contributed by atoms with Gasteiger partial charge in [0, 0.05) is 6.07 Å². The van der Waals surface area contributed by atoms with Gasteiger partial charge in [0.05, 0.1) is 11.2 Å². The minimum absolute atomic E-state index is 0.165. The average molecular weight is 226 g/mol. The van der Waals surface area contributed by atoms with Crippen molar-refractivity contribution in [2.24, 2.45) is 5.73 Å². The van der Waals surface area contributed by atoms with Crippen molar-refractivity contribution in [3.05, 3.63) is 29.8 Å². The average Bonchev–Trinajstić information content (AvgIpc) is 2.20.